The van der Waals surface area contributed by atoms with Crippen LogP contribution >= 0.6 is 11.8 Å². The number of benzene rings is 2. The van der Waals surface area contributed by atoms with Crippen LogP contribution in [-0.4, -0.2) is 59.4 Å². The number of aryl methyl sites for hydroxylation is 2. The van der Waals surface area contributed by atoms with Crippen molar-refractivity contribution in [1.29, 1.82) is 0 Å². The Bertz CT molecular complexity index is 1070. The van der Waals surface area contributed by atoms with E-state index in [0.717, 1.165) is 43.1 Å². The second-order valence-corrected chi connectivity index (χ2v) is 8.92. The van der Waals surface area contributed by atoms with Crippen molar-refractivity contribution < 1.29 is 14.7 Å². The van der Waals surface area contributed by atoms with Crippen molar-refractivity contribution in [2.75, 3.05) is 38.6 Å². The number of morpholine rings is 1. The summed E-state index contributed by atoms with van der Waals surface area (Å²) >= 11 is 1.44. The van der Waals surface area contributed by atoms with Crippen LogP contribution in [0.5, 0.6) is 0 Å². The second kappa shape index (κ2) is 9.31. The van der Waals surface area contributed by atoms with Gasteiger partial charge in [0.15, 0.2) is 5.16 Å². The van der Waals surface area contributed by atoms with Gasteiger partial charge in [-0.2, -0.15) is 0 Å². The number of nitrogens with one attached hydrogen (secondary N) is 1. The van der Waals surface area contributed by atoms with E-state index in [0.29, 0.717) is 28.4 Å². The Hall–Kier alpha value is -2.19. The Kier molecular flexibility index (Phi) is 6.53. The molecule has 0 bridgehead atoms. The highest BCUT2D eigenvalue weighted by Crippen LogP contribution is 2.23. The van der Waals surface area contributed by atoms with Gasteiger partial charge in [-0.3, -0.25) is 9.36 Å². The van der Waals surface area contributed by atoms with Crippen molar-refractivity contribution in [3.63, 3.8) is 0 Å². The Balaban J connectivity index is 1.66. The number of rotatable bonds is 6. The van der Waals surface area contributed by atoms with Crippen LogP contribution in [-0.2, 0) is 4.74 Å². The third-order valence-electron chi connectivity index (χ3n) is 5.34. The van der Waals surface area contributed by atoms with Gasteiger partial charge in [-0.1, -0.05) is 30.0 Å². The van der Waals surface area contributed by atoms with E-state index in [1.165, 1.54) is 16.7 Å². The number of aliphatic hydroxyl groups excluding tert-OH is 1. The Morgan fingerprint density at radius 1 is 1.17 bits per heavy atom. The molecule has 1 atom stereocenters. The van der Waals surface area contributed by atoms with Crippen molar-refractivity contribution in [2.24, 2.45) is 0 Å². The maximum Gasteiger partial charge on any atom is 0.266 e. The highest BCUT2D eigenvalue weighted by molar-refractivity contribution is 7.99. The van der Waals surface area contributed by atoms with E-state index in [4.69, 9.17) is 9.72 Å². The molecule has 6 nitrogen and oxygen atoms in total. The molecule has 2 heterocycles. The first-order valence-corrected chi connectivity index (χ1v) is 11.3. The third-order valence-corrected chi connectivity index (χ3v) is 6.42. The van der Waals surface area contributed by atoms with E-state index < -0.39 is 6.10 Å². The molecule has 1 fully saturated rings. The van der Waals surface area contributed by atoms with Crippen LogP contribution in [0.1, 0.15) is 11.1 Å². The van der Waals surface area contributed by atoms with Crippen molar-refractivity contribution in [2.45, 2.75) is 25.1 Å². The predicted octanol–water partition coefficient (Wildman–Crippen LogP) is 1.37. The Labute approximate surface area is 180 Å². The van der Waals surface area contributed by atoms with Crippen LogP contribution in [0, 0.1) is 13.8 Å². The molecule has 1 saturated heterocycles. The molecule has 2 aromatic carbocycles. The van der Waals surface area contributed by atoms with E-state index in [9.17, 15) is 9.90 Å². The fourth-order valence-corrected chi connectivity index (χ4v) is 4.88. The molecule has 0 aliphatic carbocycles. The van der Waals surface area contributed by atoms with Crippen LogP contribution < -0.4 is 10.5 Å². The molecule has 0 spiro atoms. The minimum Gasteiger partial charge on any atom is -0.386 e. The first-order valence-electron chi connectivity index (χ1n) is 10.3. The Morgan fingerprint density at radius 2 is 1.87 bits per heavy atom. The fraction of sp³-hybridized carbons (Fsp3) is 0.391. The molecule has 1 aromatic heterocycles. The number of aromatic nitrogens is 2. The molecule has 0 radical (unpaired) electrons. The first kappa shape index (κ1) is 21.1. The largest absolute Gasteiger partial charge is 0.386 e. The quantitative estimate of drug-likeness (QED) is 0.460. The lowest BCUT2D eigenvalue weighted by Gasteiger charge is -2.25. The first-order chi connectivity index (χ1) is 14.5. The van der Waals surface area contributed by atoms with E-state index in [2.05, 4.69) is 6.07 Å². The van der Waals surface area contributed by atoms with Gasteiger partial charge < -0.3 is 14.7 Å². The van der Waals surface area contributed by atoms with Crippen LogP contribution in [0.25, 0.3) is 16.6 Å². The van der Waals surface area contributed by atoms with E-state index >= 15 is 0 Å². The van der Waals surface area contributed by atoms with Crippen molar-refractivity contribution in [3.05, 3.63) is 63.9 Å². The number of nitrogens with zero attached hydrogens (tertiary/aromatic N) is 2. The number of fused-ring (bicyclic) bond motifs is 1. The smallest absolute Gasteiger partial charge is 0.266 e. The minimum absolute atomic E-state index is 0.0820. The van der Waals surface area contributed by atoms with Gasteiger partial charge >= 0.3 is 0 Å². The maximum absolute atomic E-state index is 13.4. The molecule has 158 valence electrons. The van der Waals surface area contributed by atoms with Crippen LogP contribution in [0.2, 0.25) is 0 Å². The van der Waals surface area contributed by atoms with Crippen LogP contribution in [0.3, 0.4) is 0 Å². The summed E-state index contributed by atoms with van der Waals surface area (Å²) in [5.41, 5.74) is 3.60. The number of aliphatic hydroxyl groups is 1. The molecular weight excluding hydrogens is 398 g/mol. The van der Waals surface area contributed by atoms with Crippen molar-refractivity contribution in [1.82, 2.24) is 9.55 Å². The van der Waals surface area contributed by atoms with Gasteiger partial charge in [0.05, 0.1) is 29.8 Å². The Morgan fingerprint density at radius 3 is 2.60 bits per heavy atom. The number of thioether (sulfide) groups is 1. The number of hydrogen-bond donors (Lipinski definition) is 2. The molecule has 0 saturated carbocycles. The molecule has 4 rings (SSSR count). The average molecular weight is 427 g/mol. The van der Waals surface area contributed by atoms with E-state index in [-0.39, 0.29) is 5.56 Å². The zero-order valence-electron chi connectivity index (χ0n) is 17.4. The van der Waals surface area contributed by atoms with Crippen LogP contribution in [0.15, 0.2) is 52.4 Å². The summed E-state index contributed by atoms with van der Waals surface area (Å²) in [4.78, 5) is 19.5. The molecule has 7 heteroatoms. The van der Waals surface area contributed by atoms with E-state index in [1.54, 1.807) is 4.57 Å². The van der Waals surface area contributed by atoms with Gasteiger partial charge in [0, 0.05) is 5.75 Å². The highest BCUT2D eigenvalue weighted by Gasteiger charge is 2.20. The lowest BCUT2D eigenvalue weighted by Crippen LogP contribution is -3.15. The normalized spacial score (nSPS) is 16.1. The van der Waals surface area contributed by atoms with E-state index in [1.807, 2.05) is 50.2 Å². The lowest BCUT2D eigenvalue weighted by molar-refractivity contribution is -0.910. The van der Waals surface area contributed by atoms with Gasteiger partial charge in [-0.05, 0) is 49.2 Å². The highest BCUT2D eigenvalue weighted by atomic mass is 32.2. The predicted molar refractivity (Wildman–Crippen MR) is 120 cm³/mol. The SMILES string of the molecule is Cc1cc(C)cc(-n2c(SC[C@@H](O)C[NH+]3CCOCC3)nc3ccccc3c2=O)c1. The summed E-state index contributed by atoms with van der Waals surface area (Å²) in [7, 11) is 0. The number of para-hydroxylation sites is 1. The molecule has 0 amide bonds. The molecule has 30 heavy (non-hydrogen) atoms. The van der Waals surface area contributed by atoms with Gasteiger partial charge in [-0.15, -0.1) is 0 Å². The van der Waals surface area contributed by atoms with Crippen molar-refractivity contribution >= 4 is 22.7 Å². The van der Waals surface area contributed by atoms with Gasteiger partial charge in [0.25, 0.3) is 5.56 Å². The summed E-state index contributed by atoms with van der Waals surface area (Å²) < 4.78 is 7.07. The third kappa shape index (κ3) is 4.75. The topological polar surface area (TPSA) is 68.8 Å². The van der Waals surface area contributed by atoms with Crippen LogP contribution in [0.4, 0.5) is 0 Å². The summed E-state index contributed by atoms with van der Waals surface area (Å²) in [5, 5.41) is 11.8. The molecule has 0 unspecified atom stereocenters. The number of ether oxygens (including phenoxy) is 1. The zero-order valence-corrected chi connectivity index (χ0v) is 18.2. The average Bonchev–Trinajstić information content (AvgIpc) is 2.72. The zero-order chi connectivity index (χ0) is 21.1. The summed E-state index contributed by atoms with van der Waals surface area (Å²) in [6.45, 7) is 8.06. The summed E-state index contributed by atoms with van der Waals surface area (Å²) in [5.74, 6) is 0.486. The van der Waals surface area contributed by atoms with Gasteiger partial charge in [0.1, 0.15) is 25.7 Å². The minimum atomic E-state index is -0.473. The molecular formula is C23H28N3O3S+. The lowest BCUT2D eigenvalue weighted by atomic mass is 10.1. The fourth-order valence-electron chi connectivity index (χ4n) is 3.94. The maximum atomic E-state index is 13.4. The molecule has 1 aliphatic heterocycles. The number of quaternary nitrogens is 1. The monoisotopic (exact) mass is 426 g/mol. The van der Waals surface area contributed by atoms with Gasteiger partial charge in [-0.25, -0.2) is 4.98 Å². The number of hydrogen-bond acceptors (Lipinski definition) is 5. The molecule has 1 aliphatic rings. The van der Waals surface area contributed by atoms with Gasteiger partial charge in [0.2, 0.25) is 0 Å². The van der Waals surface area contributed by atoms with Crippen molar-refractivity contribution in [3.8, 4) is 5.69 Å². The molecule has 3 aromatic rings. The second-order valence-electron chi connectivity index (χ2n) is 7.93. The summed E-state index contributed by atoms with van der Waals surface area (Å²) in [6, 6.07) is 13.5. The standard InChI is InChI=1S/C23H27N3O3S/c1-16-11-17(2)13-18(12-16)26-22(28)20-5-3-4-6-21(20)24-23(26)30-15-19(27)14-25-7-9-29-10-8-25/h3-6,11-13,19,27H,7-10,14-15H2,1-2H3/p+1/t19-/m0/s1. The molecule has 2 N–H and O–H groups in total. The summed E-state index contributed by atoms with van der Waals surface area (Å²) in [6.07, 6.45) is -0.473.